The average Bonchev–Trinajstić information content (AvgIpc) is 3.33. The second-order valence-electron chi connectivity index (χ2n) is 7.05. The van der Waals surface area contributed by atoms with Gasteiger partial charge in [0.2, 0.25) is 0 Å². The molecule has 6 nitrogen and oxygen atoms in total. The lowest BCUT2D eigenvalue weighted by molar-refractivity contribution is -0.140. The molecule has 0 amide bonds. The van der Waals surface area contributed by atoms with Crippen LogP contribution in [0, 0.1) is 0 Å². The maximum Gasteiger partial charge on any atom is 0.337 e. The van der Waals surface area contributed by atoms with Gasteiger partial charge in [-0.1, -0.05) is 60.7 Å². The van der Waals surface area contributed by atoms with Crippen molar-refractivity contribution in [2.45, 2.75) is 24.0 Å². The first-order valence-corrected chi connectivity index (χ1v) is 9.27. The number of methoxy groups -OCH3 is 2. The van der Waals surface area contributed by atoms with E-state index in [4.69, 9.17) is 14.2 Å². The van der Waals surface area contributed by atoms with E-state index in [9.17, 15) is 14.4 Å². The number of rotatable bonds is 5. The number of ketones is 1. The summed E-state index contributed by atoms with van der Waals surface area (Å²) in [5.41, 5.74) is -1.81. The van der Waals surface area contributed by atoms with Crippen LogP contribution >= 0.6 is 0 Å². The molecule has 2 atom stereocenters. The molecular formula is C23H20O6. The minimum absolute atomic E-state index is 0.0357. The Bertz CT molecular complexity index is 1010. The van der Waals surface area contributed by atoms with Crippen molar-refractivity contribution in [3.8, 4) is 0 Å². The standard InChI is InChI=1S/C23H20O6/c1-27-20(25)17-18(21(26)28-2)23(19(24)15-9-5-3-6-10-15)14-13-22(17,29-23)16-11-7-4-8-12-16/h3-12H,13-14H2,1-2H3. The molecule has 0 aromatic heterocycles. The highest BCUT2D eigenvalue weighted by Crippen LogP contribution is 2.60. The minimum Gasteiger partial charge on any atom is -0.466 e. The lowest BCUT2D eigenvalue weighted by Crippen LogP contribution is -2.42. The Balaban J connectivity index is 1.99. The predicted octanol–water partition coefficient (Wildman–Crippen LogP) is 2.97. The van der Waals surface area contributed by atoms with E-state index < -0.39 is 23.1 Å². The summed E-state index contributed by atoms with van der Waals surface area (Å²) in [5.74, 6) is -1.86. The van der Waals surface area contributed by atoms with Crippen molar-refractivity contribution in [1.82, 2.24) is 0 Å². The highest BCUT2D eigenvalue weighted by molar-refractivity contribution is 6.16. The molecule has 2 aliphatic rings. The number of ether oxygens (including phenoxy) is 3. The van der Waals surface area contributed by atoms with E-state index in [-0.39, 0.29) is 23.4 Å². The Morgan fingerprint density at radius 1 is 0.793 bits per heavy atom. The third kappa shape index (κ3) is 2.63. The number of carbonyl (C=O) groups is 3. The Labute approximate surface area is 168 Å². The van der Waals surface area contributed by atoms with Crippen LogP contribution in [0.15, 0.2) is 71.8 Å². The molecule has 4 rings (SSSR count). The van der Waals surface area contributed by atoms with Crippen molar-refractivity contribution < 1.29 is 28.6 Å². The fourth-order valence-corrected chi connectivity index (χ4v) is 4.40. The van der Waals surface area contributed by atoms with Gasteiger partial charge in [-0.15, -0.1) is 0 Å². The molecule has 1 fully saturated rings. The predicted molar refractivity (Wildman–Crippen MR) is 103 cm³/mol. The number of Topliss-reactive ketones (excluding diaryl/α,β-unsaturated/α-hetero) is 1. The smallest absolute Gasteiger partial charge is 0.337 e. The van der Waals surface area contributed by atoms with Crippen LogP contribution in [0.2, 0.25) is 0 Å². The maximum atomic E-state index is 13.6. The Hall–Kier alpha value is -3.25. The minimum atomic E-state index is -1.60. The summed E-state index contributed by atoms with van der Waals surface area (Å²) in [6, 6.07) is 17.7. The molecule has 148 valence electrons. The number of carbonyl (C=O) groups excluding carboxylic acids is 3. The summed E-state index contributed by atoms with van der Waals surface area (Å²) in [4.78, 5) is 39.2. The summed E-state index contributed by atoms with van der Waals surface area (Å²) in [6.07, 6.45) is 0.612. The zero-order chi connectivity index (χ0) is 20.6. The molecule has 0 aliphatic carbocycles. The maximum absolute atomic E-state index is 13.6. The fourth-order valence-electron chi connectivity index (χ4n) is 4.40. The van der Waals surface area contributed by atoms with E-state index in [0.717, 1.165) is 0 Å². The van der Waals surface area contributed by atoms with E-state index in [1.165, 1.54) is 14.2 Å². The van der Waals surface area contributed by atoms with Crippen molar-refractivity contribution in [1.29, 1.82) is 0 Å². The first-order valence-electron chi connectivity index (χ1n) is 9.27. The van der Waals surface area contributed by atoms with Gasteiger partial charge in [0.05, 0.1) is 25.4 Å². The molecule has 0 spiro atoms. The fraction of sp³-hybridized carbons (Fsp3) is 0.261. The molecule has 29 heavy (non-hydrogen) atoms. The van der Waals surface area contributed by atoms with Crippen LogP contribution in [-0.4, -0.2) is 37.5 Å². The molecule has 2 heterocycles. The second-order valence-corrected chi connectivity index (χ2v) is 7.05. The molecule has 2 aromatic carbocycles. The Kier molecular flexibility index (Phi) is 4.59. The first kappa shape index (κ1) is 19.1. The van der Waals surface area contributed by atoms with Crippen LogP contribution in [0.4, 0.5) is 0 Å². The second kappa shape index (κ2) is 6.97. The van der Waals surface area contributed by atoms with Crippen LogP contribution in [-0.2, 0) is 29.4 Å². The van der Waals surface area contributed by atoms with Crippen LogP contribution in [0.5, 0.6) is 0 Å². The summed E-state index contributed by atoms with van der Waals surface area (Å²) in [5, 5.41) is 0. The lowest BCUT2D eigenvalue weighted by atomic mass is 9.71. The largest absolute Gasteiger partial charge is 0.466 e. The molecule has 2 aromatic rings. The van der Waals surface area contributed by atoms with Gasteiger partial charge in [0.15, 0.2) is 11.4 Å². The van der Waals surface area contributed by atoms with Gasteiger partial charge >= 0.3 is 11.9 Å². The Morgan fingerprint density at radius 3 is 1.93 bits per heavy atom. The third-order valence-electron chi connectivity index (χ3n) is 5.66. The summed E-state index contributed by atoms with van der Waals surface area (Å²) >= 11 is 0. The number of benzene rings is 2. The molecular weight excluding hydrogens is 372 g/mol. The number of esters is 2. The van der Waals surface area contributed by atoms with Gasteiger partial charge in [-0.05, 0) is 18.4 Å². The highest BCUT2D eigenvalue weighted by Gasteiger charge is 2.68. The lowest BCUT2D eigenvalue weighted by Gasteiger charge is -2.27. The zero-order valence-corrected chi connectivity index (χ0v) is 16.1. The summed E-state index contributed by atoms with van der Waals surface area (Å²) < 4.78 is 16.4. The van der Waals surface area contributed by atoms with Crippen LogP contribution in [0.3, 0.4) is 0 Å². The first-order chi connectivity index (χ1) is 14.0. The summed E-state index contributed by atoms with van der Waals surface area (Å²) in [7, 11) is 2.45. The van der Waals surface area contributed by atoms with Crippen LogP contribution in [0.1, 0.15) is 28.8 Å². The van der Waals surface area contributed by atoms with Crippen molar-refractivity contribution >= 4 is 17.7 Å². The number of hydrogen-bond acceptors (Lipinski definition) is 6. The quantitative estimate of drug-likeness (QED) is 0.575. The van der Waals surface area contributed by atoms with E-state index in [0.29, 0.717) is 17.5 Å². The van der Waals surface area contributed by atoms with Crippen LogP contribution < -0.4 is 0 Å². The van der Waals surface area contributed by atoms with Crippen molar-refractivity contribution in [2.24, 2.45) is 0 Å². The molecule has 0 N–H and O–H groups in total. The normalized spacial score (nSPS) is 25.0. The monoisotopic (exact) mass is 392 g/mol. The summed E-state index contributed by atoms with van der Waals surface area (Å²) in [6.45, 7) is 0. The van der Waals surface area contributed by atoms with Gasteiger partial charge in [0, 0.05) is 5.56 Å². The zero-order valence-electron chi connectivity index (χ0n) is 16.1. The molecule has 2 unspecified atom stereocenters. The van der Waals surface area contributed by atoms with E-state index >= 15 is 0 Å². The molecule has 2 aliphatic heterocycles. The van der Waals surface area contributed by atoms with E-state index in [1.807, 2.05) is 30.3 Å². The topological polar surface area (TPSA) is 78.9 Å². The molecule has 1 saturated heterocycles. The molecule has 0 radical (unpaired) electrons. The SMILES string of the molecule is COC(=O)C1=C(C(=O)OC)C2(c3ccccc3)CCC1(C(=O)c1ccccc1)O2. The van der Waals surface area contributed by atoms with Gasteiger partial charge in [-0.25, -0.2) is 9.59 Å². The molecule has 2 bridgehead atoms. The van der Waals surface area contributed by atoms with Gasteiger partial charge in [0.25, 0.3) is 0 Å². The molecule has 6 heteroatoms. The Morgan fingerprint density at radius 2 is 1.34 bits per heavy atom. The van der Waals surface area contributed by atoms with Crippen molar-refractivity contribution in [2.75, 3.05) is 14.2 Å². The van der Waals surface area contributed by atoms with Crippen molar-refractivity contribution in [3.05, 3.63) is 82.9 Å². The highest BCUT2D eigenvalue weighted by atomic mass is 16.6. The van der Waals surface area contributed by atoms with Crippen LogP contribution in [0.25, 0.3) is 0 Å². The van der Waals surface area contributed by atoms with Gasteiger partial charge in [0.1, 0.15) is 5.60 Å². The van der Waals surface area contributed by atoms with Gasteiger partial charge < -0.3 is 14.2 Å². The van der Waals surface area contributed by atoms with Crippen molar-refractivity contribution in [3.63, 3.8) is 0 Å². The van der Waals surface area contributed by atoms with E-state index in [1.54, 1.807) is 30.3 Å². The average molecular weight is 392 g/mol. The van der Waals surface area contributed by atoms with Gasteiger partial charge in [-0.2, -0.15) is 0 Å². The number of fused-ring (bicyclic) bond motifs is 2. The molecule has 0 saturated carbocycles. The number of hydrogen-bond donors (Lipinski definition) is 0. The van der Waals surface area contributed by atoms with E-state index in [2.05, 4.69) is 0 Å². The van der Waals surface area contributed by atoms with Gasteiger partial charge in [-0.3, -0.25) is 4.79 Å². The third-order valence-corrected chi connectivity index (χ3v) is 5.66.